The maximum absolute atomic E-state index is 13.2. The smallest absolute Gasteiger partial charge is 0.272 e. The van der Waals surface area contributed by atoms with E-state index in [4.69, 9.17) is 16.3 Å². The minimum absolute atomic E-state index is 0.0110. The van der Waals surface area contributed by atoms with Crippen LogP contribution in [0.1, 0.15) is 31.8 Å². The fourth-order valence-corrected chi connectivity index (χ4v) is 3.86. The van der Waals surface area contributed by atoms with Crippen molar-refractivity contribution in [1.29, 1.82) is 0 Å². The standard InChI is InChI=1S/C32H25ClN2O4/c1-39-30-14-8-6-9-23(30)17-20-29(36)22-15-18-26(19-16-22)34-32(38)28(21-25-12-5-7-13-27(25)33)35-31(37)24-10-3-2-4-11-24/h2-21H,1H3,(H,34,38)(H,35,37)/b20-17+,28-21-. The van der Waals surface area contributed by atoms with Gasteiger partial charge in [-0.1, -0.05) is 66.2 Å². The van der Waals surface area contributed by atoms with E-state index in [-0.39, 0.29) is 11.5 Å². The number of nitrogens with one attached hydrogen (secondary N) is 2. The minimum Gasteiger partial charge on any atom is -0.496 e. The Hall–Kier alpha value is -4.94. The molecule has 0 saturated carbocycles. The average molecular weight is 537 g/mol. The summed E-state index contributed by atoms with van der Waals surface area (Å²) in [6.45, 7) is 0. The Kier molecular flexibility index (Phi) is 9.06. The van der Waals surface area contributed by atoms with Gasteiger partial charge in [-0.3, -0.25) is 14.4 Å². The van der Waals surface area contributed by atoms with Crippen LogP contribution in [0.15, 0.2) is 115 Å². The van der Waals surface area contributed by atoms with Crippen molar-refractivity contribution in [1.82, 2.24) is 5.32 Å². The van der Waals surface area contributed by atoms with Crippen molar-refractivity contribution in [2.75, 3.05) is 12.4 Å². The summed E-state index contributed by atoms with van der Waals surface area (Å²) >= 11 is 6.28. The Morgan fingerprint density at radius 2 is 1.38 bits per heavy atom. The number of hydrogen-bond donors (Lipinski definition) is 2. The Labute approximate surface area is 231 Å². The van der Waals surface area contributed by atoms with Gasteiger partial charge in [0.15, 0.2) is 5.78 Å². The van der Waals surface area contributed by atoms with Gasteiger partial charge in [0.25, 0.3) is 11.8 Å². The number of allylic oxidation sites excluding steroid dienone is 1. The van der Waals surface area contributed by atoms with Crippen LogP contribution < -0.4 is 15.4 Å². The number of carbonyl (C=O) groups excluding carboxylic acids is 3. The number of para-hydroxylation sites is 1. The summed E-state index contributed by atoms with van der Waals surface area (Å²) in [5, 5.41) is 5.88. The Bertz CT molecular complexity index is 1540. The van der Waals surface area contributed by atoms with Gasteiger partial charge in [-0.05, 0) is 72.3 Å². The van der Waals surface area contributed by atoms with Crippen molar-refractivity contribution in [3.05, 3.63) is 142 Å². The van der Waals surface area contributed by atoms with Gasteiger partial charge >= 0.3 is 0 Å². The van der Waals surface area contributed by atoms with E-state index in [1.165, 1.54) is 12.2 Å². The molecule has 0 atom stereocenters. The molecule has 4 aromatic carbocycles. The van der Waals surface area contributed by atoms with Crippen LogP contribution in [0.4, 0.5) is 5.69 Å². The van der Waals surface area contributed by atoms with Gasteiger partial charge in [0.1, 0.15) is 11.4 Å². The first-order valence-corrected chi connectivity index (χ1v) is 12.4. The molecular weight excluding hydrogens is 512 g/mol. The van der Waals surface area contributed by atoms with Crippen LogP contribution >= 0.6 is 11.6 Å². The number of anilines is 1. The molecule has 0 heterocycles. The van der Waals surface area contributed by atoms with E-state index in [1.807, 2.05) is 24.3 Å². The lowest BCUT2D eigenvalue weighted by atomic mass is 10.1. The molecule has 0 spiro atoms. The van der Waals surface area contributed by atoms with Crippen LogP contribution in [0.25, 0.3) is 12.2 Å². The molecule has 0 saturated heterocycles. The third-order valence-electron chi connectivity index (χ3n) is 5.71. The van der Waals surface area contributed by atoms with Crippen molar-refractivity contribution >= 4 is 47.0 Å². The molecule has 7 heteroatoms. The van der Waals surface area contributed by atoms with Crippen LogP contribution in [0.5, 0.6) is 5.75 Å². The summed E-state index contributed by atoms with van der Waals surface area (Å²) in [6.07, 6.45) is 4.67. The average Bonchev–Trinajstić information content (AvgIpc) is 2.97. The number of benzene rings is 4. The monoisotopic (exact) mass is 536 g/mol. The van der Waals surface area contributed by atoms with Gasteiger partial charge in [0, 0.05) is 27.4 Å². The number of rotatable bonds is 9. The third-order valence-corrected chi connectivity index (χ3v) is 6.06. The zero-order valence-electron chi connectivity index (χ0n) is 21.1. The molecule has 4 rings (SSSR count). The highest BCUT2D eigenvalue weighted by molar-refractivity contribution is 6.32. The molecular formula is C32H25ClN2O4. The van der Waals surface area contributed by atoms with Gasteiger partial charge in [-0.15, -0.1) is 0 Å². The number of amides is 2. The van der Waals surface area contributed by atoms with E-state index >= 15 is 0 Å². The molecule has 0 aliphatic rings. The lowest BCUT2D eigenvalue weighted by molar-refractivity contribution is -0.113. The van der Waals surface area contributed by atoms with E-state index in [2.05, 4.69) is 10.6 Å². The minimum atomic E-state index is -0.547. The summed E-state index contributed by atoms with van der Waals surface area (Å²) < 4.78 is 5.31. The van der Waals surface area contributed by atoms with Crippen LogP contribution in [0, 0.1) is 0 Å². The van der Waals surface area contributed by atoms with E-state index in [0.717, 1.165) is 5.56 Å². The molecule has 2 N–H and O–H groups in total. The third kappa shape index (κ3) is 7.31. The molecule has 0 radical (unpaired) electrons. The highest BCUT2D eigenvalue weighted by atomic mass is 35.5. The normalized spacial score (nSPS) is 11.2. The summed E-state index contributed by atoms with van der Waals surface area (Å²) in [5.74, 6) is -0.519. The fraction of sp³-hybridized carbons (Fsp3) is 0.0312. The van der Waals surface area contributed by atoms with Crippen molar-refractivity contribution in [2.24, 2.45) is 0 Å². The first-order chi connectivity index (χ1) is 18.9. The molecule has 0 aliphatic carbocycles. The fourth-order valence-electron chi connectivity index (χ4n) is 3.67. The molecule has 194 valence electrons. The van der Waals surface area contributed by atoms with Crippen molar-refractivity contribution in [3.63, 3.8) is 0 Å². The SMILES string of the molecule is COc1ccccc1/C=C/C(=O)c1ccc(NC(=O)/C(=C/c2ccccc2Cl)NC(=O)c2ccccc2)cc1. The molecule has 0 unspecified atom stereocenters. The molecule has 6 nitrogen and oxygen atoms in total. The summed E-state index contributed by atoms with van der Waals surface area (Å²) in [4.78, 5) is 38.7. The number of hydrogen-bond acceptors (Lipinski definition) is 4. The number of carbonyl (C=O) groups is 3. The summed E-state index contributed by atoms with van der Waals surface area (Å²) in [6, 6.07) is 29.4. The van der Waals surface area contributed by atoms with Gasteiger partial charge in [0.2, 0.25) is 0 Å². The number of ketones is 1. The second-order valence-corrected chi connectivity index (χ2v) is 8.78. The molecule has 0 fully saturated rings. The maximum Gasteiger partial charge on any atom is 0.272 e. The predicted molar refractivity (Wildman–Crippen MR) is 155 cm³/mol. The van der Waals surface area contributed by atoms with Crippen LogP contribution in [0.3, 0.4) is 0 Å². The molecule has 0 aromatic heterocycles. The van der Waals surface area contributed by atoms with E-state index in [0.29, 0.717) is 33.1 Å². The van der Waals surface area contributed by atoms with Gasteiger partial charge in [-0.25, -0.2) is 0 Å². The van der Waals surface area contributed by atoms with Crippen molar-refractivity contribution in [2.45, 2.75) is 0 Å². The molecule has 4 aromatic rings. The number of halogens is 1. The van der Waals surface area contributed by atoms with E-state index < -0.39 is 11.8 Å². The first kappa shape index (κ1) is 27.1. The largest absolute Gasteiger partial charge is 0.496 e. The topological polar surface area (TPSA) is 84.5 Å². The summed E-state index contributed by atoms with van der Waals surface area (Å²) in [7, 11) is 1.57. The highest BCUT2D eigenvalue weighted by Gasteiger charge is 2.16. The number of methoxy groups -OCH3 is 1. The Morgan fingerprint density at radius 3 is 2.08 bits per heavy atom. The molecule has 2 amide bonds. The number of ether oxygens (including phenoxy) is 1. The quantitative estimate of drug-likeness (QED) is 0.185. The summed E-state index contributed by atoms with van der Waals surface area (Å²) in [5.41, 5.74) is 2.66. The van der Waals surface area contributed by atoms with Gasteiger partial charge in [-0.2, -0.15) is 0 Å². The lowest BCUT2D eigenvalue weighted by Crippen LogP contribution is -2.30. The zero-order chi connectivity index (χ0) is 27.6. The van der Waals surface area contributed by atoms with Gasteiger partial charge in [0.05, 0.1) is 7.11 Å². The van der Waals surface area contributed by atoms with E-state index in [1.54, 1.807) is 92.0 Å². The second kappa shape index (κ2) is 13.0. The van der Waals surface area contributed by atoms with Crippen LogP contribution in [-0.2, 0) is 4.79 Å². The van der Waals surface area contributed by atoms with E-state index in [9.17, 15) is 14.4 Å². The lowest BCUT2D eigenvalue weighted by Gasteiger charge is -2.12. The van der Waals surface area contributed by atoms with Crippen LogP contribution in [-0.4, -0.2) is 24.7 Å². The highest BCUT2D eigenvalue weighted by Crippen LogP contribution is 2.21. The zero-order valence-corrected chi connectivity index (χ0v) is 21.8. The second-order valence-electron chi connectivity index (χ2n) is 8.37. The van der Waals surface area contributed by atoms with Crippen molar-refractivity contribution in [3.8, 4) is 5.75 Å². The molecule has 0 aliphatic heterocycles. The first-order valence-electron chi connectivity index (χ1n) is 12.0. The van der Waals surface area contributed by atoms with Gasteiger partial charge < -0.3 is 15.4 Å². The molecule has 0 bridgehead atoms. The maximum atomic E-state index is 13.2. The Balaban J connectivity index is 1.50. The Morgan fingerprint density at radius 1 is 0.744 bits per heavy atom. The predicted octanol–water partition coefficient (Wildman–Crippen LogP) is 6.65. The van der Waals surface area contributed by atoms with Crippen molar-refractivity contribution < 1.29 is 19.1 Å². The molecule has 39 heavy (non-hydrogen) atoms. The van der Waals surface area contributed by atoms with Crippen LogP contribution in [0.2, 0.25) is 5.02 Å².